The molecule has 104 valence electrons. The van der Waals surface area contributed by atoms with Gasteiger partial charge in [0.2, 0.25) is 0 Å². The molecule has 1 aromatic heterocycles. The molecule has 1 fully saturated rings. The molecule has 1 aliphatic rings. The van der Waals surface area contributed by atoms with Crippen molar-refractivity contribution in [1.29, 1.82) is 0 Å². The lowest BCUT2D eigenvalue weighted by molar-refractivity contribution is 0.646. The van der Waals surface area contributed by atoms with Crippen LogP contribution in [0.2, 0.25) is 5.15 Å². The summed E-state index contributed by atoms with van der Waals surface area (Å²) in [5.74, 6) is 1.61. The van der Waals surface area contributed by atoms with E-state index in [1.165, 1.54) is 25.7 Å². The zero-order valence-corrected chi connectivity index (χ0v) is 12.3. The number of benzene rings is 1. The second-order valence-electron chi connectivity index (χ2n) is 5.29. The van der Waals surface area contributed by atoms with Gasteiger partial charge in [-0.2, -0.15) is 0 Å². The first-order chi connectivity index (χ1) is 9.74. The van der Waals surface area contributed by atoms with Gasteiger partial charge < -0.3 is 4.90 Å². The van der Waals surface area contributed by atoms with Crippen molar-refractivity contribution in [3.05, 3.63) is 41.6 Å². The minimum Gasteiger partial charge on any atom is -0.357 e. The minimum absolute atomic E-state index is 0.499. The number of hydrogen-bond donors (Lipinski definition) is 0. The van der Waals surface area contributed by atoms with Gasteiger partial charge in [0.15, 0.2) is 5.82 Å². The molecule has 3 rings (SSSR count). The van der Waals surface area contributed by atoms with Crippen molar-refractivity contribution in [1.82, 2.24) is 9.97 Å². The van der Waals surface area contributed by atoms with Crippen LogP contribution in [0.25, 0.3) is 11.4 Å². The molecule has 0 radical (unpaired) electrons. The minimum atomic E-state index is 0.499. The topological polar surface area (TPSA) is 29.0 Å². The summed E-state index contributed by atoms with van der Waals surface area (Å²) < 4.78 is 0. The van der Waals surface area contributed by atoms with Crippen molar-refractivity contribution in [3.63, 3.8) is 0 Å². The zero-order chi connectivity index (χ0) is 13.9. The molecule has 0 unspecified atom stereocenters. The van der Waals surface area contributed by atoms with Crippen molar-refractivity contribution in [2.45, 2.75) is 31.7 Å². The number of nitrogens with zero attached hydrogens (tertiary/aromatic N) is 3. The molecule has 1 heterocycles. The second-order valence-corrected chi connectivity index (χ2v) is 5.67. The highest BCUT2D eigenvalue weighted by Gasteiger charge is 2.21. The van der Waals surface area contributed by atoms with Crippen molar-refractivity contribution in [2.75, 3.05) is 11.9 Å². The van der Waals surface area contributed by atoms with E-state index in [2.05, 4.69) is 21.9 Å². The molecule has 0 N–H and O–H groups in total. The molecular formula is C16H18ClN3. The molecule has 0 spiro atoms. The molecule has 0 atom stereocenters. The predicted octanol–water partition coefficient (Wildman–Crippen LogP) is 4.18. The normalized spacial score (nSPS) is 15.5. The Morgan fingerprint density at radius 3 is 2.50 bits per heavy atom. The number of anilines is 1. The lowest BCUT2D eigenvalue weighted by atomic mass is 10.2. The van der Waals surface area contributed by atoms with Crippen LogP contribution in [-0.4, -0.2) is 23.1 Å². The van der Waals surface area contributed by atoms with Crippen LogP contribution in [0.1, 0.15) is 25.7 Å². The van der Waals surface area contributed by atoms with E-state index < -0.39 is 0 Å². The van der Waals surface area contributed by atoms with Crippen LogP contribution in [0.3, 0.4) is 0 Å². The Labute approximate surface area is 124 Å². The molecule has 3 nitrogen and oxygen atoms in total. The smallest absolute Gasteiger partial charge is 0.163 e. The van der Waals surface area contributed by atoms with Crippen LogP contribution >= 0.6 is 11.6 Å². The van der Waals surface area contributed by atoms with Gasteiger partial charge in [0.1, 0.15) is 11.0 Å². The number of halogens is 1. The Balaban J connectivity index is 1.94. The molecule has 0 saturated heterocycles. The van der Waals surface area contributed by atoms with Crippen molar-refractivity contribution >= 4 is 17.4 Å². The van der Waals surface area contributed by atoms with E-state index in [1.807, 2.05) is 36.4 Å². The van der Waals surface area contributed by atoms with Crippen LogP contribution in [0.4, 0.5) is 5.82 Å². The fourth-order valence-electron chi connectivity index (χ4n) is 2.78. The Morgan fingerprint density at radius 1 is 1.10 bits per heavy atom. The summed E-state index contributed by atoms with van der Waals surface area (Å²) in [5.41, 5.74) is 0.996. The fraction of sp³-hybridized carbons (Fsp3) is 0.375. The first-order valence-corrected chi connectivity index (χ1v) is 7.44. The van der Waals surface area contributed by atoms with Gasteiger partial charge in [-0.25, -0.2) is 9.97 Å². The highest BCUT2D eigenvalue weighted by Crippen LogP contribution is 2.28. The number of rotatable bonds is 3. The third-order valence-electron chi connectivity index (χ3n) is 3.95. The Morgan fingerprint density at radius 2 is 1.80 bits per heavy atom. The molecular weight excluding hydrogens is 270 g/mol. The summed E-state index contributed by atoms with van der Waals surface area (Å²) in [6, 6.07) is 12.4. The molecule has 1 aliphatic carbocycles. The van der Waals surface area contributed by atoms with E-state index >= 15 is 0 Å². The largest absolute Gasteiger partial charge is 0.357 e. The molecule has 0 bridgehead atoms. The molecule has 1 saturated carbocycles. The third-order valence-corrected chi connectivity index (χ3v) is 4.14. The highest BCUT2D eigenvalue weighted by atomic mass is 35.5. The lowest BCUT2D eigenvalue weighted by Gasteiger charge is -2.25. The predicted molar refractivity (Wildman–Crippen MR) is 83.1 cm³/mol. The molecule has 0 amide bonds. The van der Waals surface area contributed by atoms with Gasteiger partial charge in [0.05, 0.1) is 0 Å². The first-order valence-electron chi connectivity index (χ1n) is 7.07. The van der Waals surface area contributed by atoms with Crippen molar-refractivity contribution in [3.8, 4) is 11.4 Å². The van der Waals surface area contributed by atoms with Crippen LogP contribution in [0.15, 0.2) is 36.4 Å². The SMILES string of the molecule is CN(c1cc(Cl)nc(-c2ccccc2)n1)C1CCCC1. The highest BCUT2D eigenvalue weighted by molar-refractivity contribution is 6.29. The number of hydrogen-bond acceptors (Lipinski definition) is 3. The van der Waals surface area contributed by atoms with E-state index in [9.17, 15) is 0 Å². The number of aromatic nitrogens is 2. The quantitative estimate of drug-likeness (QED) is 0.793. The van der Waals surface area contributed by atoms with E-state index in [-0.39, 0.29) is 0 Å². The summed E-state index contributed by atoms with van der Waals surface area (Å²) in [6.07, 6.45) is 5.08. The van der Waals surface area contributed by atoms with E-state index in [4.69, 9.17) is 11.6 Å². The Bertz CT molecular complexity index is 580. The summed E-state index contributed by atoms with van der Waals surface area (Å²) >= 11 is 6.17. The molecule has 20 heavy (non-hydrogen) atoms. The third kappa shape index (κ3) is 2.78. The van der Waals surface area contributed by atoms with Gasteiger partial charge in [0.25, 0.3) is 0 Å². The zero-order valence-electron chi connectivity index (χ0n) is 11.6. The summed E-state index contributed by atoms with van der Waals surface area (Å²) in [6.45, 7) is 0. The maximum atomic E-state index is 6.17. The molecule has 2 aromatic rings. The average Bonchev–Trinajstić information content (AvgIpc) is 3.01. The molecule has 1 aromatic carbocycles. The standard InChI is InChI=1S/C16H18ClN3/c1-20(13-9-5-6-10-13)15-11-14(17)18-16(19-15)12-7-3-2-4-8-12/h2-4,7-8,11,13H,5-6,9-10H2,1H3. The van der Waals surface area contributed by atoms with Crippen LogP contribution in [-0.2, 0) is 0 Å². The molecule has 4 heteroatoms. The Kier molecular flexibility index (Phi) is 3.88. The average molecular weight is 288 g/mol. The van der Waals surface area contributed by atoms with E-state index in [0.717, 1.165) is 11.4 Å². The Hall–Kier alpha value is -1.61. The van der Waals surface area contributed by atoms with Crippen LogP contribution in [0.5, 0.6) is 0 Å². The van der Waals surface area contributed by atoms with Gasteiger partial charge in [-0.3, -0.25) is 0 Å². The van der Waals surface area contributed by atoms with E-state index in [1.54, 1.807) is 0 Å². The van der Waals surface area contributed by atoms with E-state index in [0.29, 0.717) is 17.0 Å². The van der Waals surface area contributed by atoms with Gasteiger partial charge in [-0.1, -0.05) is 54.8 Å². The maximum Gasteiger partial charge on any atom is 0.163 e. The summed E-state index contributed by atoms with van der Waals surface area (Å²) in [7, 11) is 2.10. The second kappa shape index (κ2) is 5.80. The van der Waals surface area contributed by atoms with Crippen molar-refractivity contribution in [2.24, 2.45) is 0 Å². The monoisotopic (exact) mass is 287 g/mol. The van der Waals surface area contributed by atoms with Crippen LogP contribution < -0.4 is 4.90 Å². The first kappa shape index (κ1) is 13.4. The van der Waals surface area contributed by atoms with Crippen molar-refractivity contribution < 1.29 is 0 Å². The van der Waals surface area contributed by atoms with Gasteiger partial charge in [-0.15, -0.1) is 0 Å². The van der Waals surface area contributed by atoms with Gasteiger partial charge in [-0.05, 0) is 12.8 Å². The summed E-state index contributed by atoms with van der Waals surface area (Å²) in [4.78, 5) is 11.3. The maximum absolute atomic E-state index is 6.17. The van der Waals surface area contributed by atoms with Gasteiger partial charge in [0, 0.05) is 24.7 Å². The molecule has 0 aliphatic heterocycles. The fourth-order valence-corrected chi connectivity index (χ4v) is 2.96. The van der Waals surface area contributed by atoms with Crippen LogP contribution in [0, 0.1) is 0 Å². The lowest BCUT2D eigenvalue weighted by Crippen LogP contribution is -2.29. The van der Waals surface area contributed by atoms with Gasteiger partial charge >= 0.3 is 0 Å². The summed E-state index contributed by atoms with van der Waals surface area (Å²) in [5, 5.41) is 0.499.